The Morgan fingerprint density at radius 1 is 1.28 bits per heavy atom. The fourth-order valence-corrected chi connectivity index (χ4v) is 3.75. The van der Waals surface area contributed by atoms with E-state index in [0.29, 0.717) is 18.2 Å². The Labute approximate surface area is 153 Å². The Morgan fingerprint density at radius 2 is 2.08 bits per heavy atom. The molecule has 0 bridgehead atoms. The van der Waals surface area contributed by atoms with Gasteiger partial charge in [-0.2, -0.15) is 0 Å². The van der Waals surface area contributed by atoms with Gasteiger partial charge in [-0.3, -0.25) is 9.69 Å². The molecule has 0 saturated carbocycles. The summed E-state index contributed by atoms with van der Waals surface area (Å²) < 4.78 is 6.32. The number of rotatable bonds is 7. The lowest BCUT2D eigenvalue weighted by Gasteiger charge is -2.31. The molecule has 132 valence electrons. The second-order valence-corrected chi connectivity index (χ2v) is 6.95. The highest BCUT2D eigenvalue weighted by Gasteiger charge is 2.41. The van der Waals surface area contributed by atoms with Gasteiger partial charge in [0.15, 0.2) is 0 Å². The number of fused-ring (bicyclic) bond motifs is 1. The SMILES string of the molecule is CN(CCCC1(c2cccc(Cl)c2)OCc2ccccc21)CC(=O)O. The van der Waals surface area contributed by atoms with Crippen LogP contribution in [0.2, 0.25) is 5.02 Å². The van der Waals surface area contributed by atoms with Gasteiger partial charge in [-0.1, -0.05) is 48.0 Å². The van der Waals surface area contributed by atoms with Crippen molar-refractivity contribution in [2.45, 2.75) is 25.0 Å². The van der Waals surface area contributed by atoms with E-state index in [4.69, 9.17) is 21.4 Å². The van der Waals surface area contributed by atoms with Crippen LogP contribution in [0.5, 0.6) is 0 Å². The molecule has 25 heavy (non-hydrogen) atoms. The molecule has 0 radical (unpaired) electrons. The molecule has 2 aromatic rings. The fourth-order valence-electron chi connectivity index (χ4n) is 3.56. The number of aliphatic carboxylic acids is 1. The van der Waals surface area contributed by atoms with Gasteiger partial charge < -0.3 is 9.84 Å². The minimum absolute atomic E-state index is 0.0433. The van der Waals surface area contributed by atoms with Crippen LogP contribution in [0.1, 0.15) is 29.5 Å². The average molecular weight is 360 g/mol. The summed E-state index contributed by atoms with van der Waals surface area (Å²) in [6.07, 6.45) is 1.60. The third-order valence-electron chi connectivity index (χ3n) is 4.69. The summed E-state index contributed by atoms with van der Waals surface area (Å²) >= 11 is 6.23. The first-order valence-corrected chi connectivity index (χ1v) is 8.78. The van der Waals surface area contributed by atoms with Crippen molar-refractivity contribution in [3.8, 4) is 0 Å². The predicted octanol–water partition coefficient (Wildman–Crippen LogP) is 3.91. The van der Waals surface area contributed by atoms with Crippen LogP contribution in [0, 0.1) is 0 Å². The third kappa shape index (κ3) is 3.87. The molecule has 1 heterocycles. The van der Waals surface area contributed by atoms with Crippen LogP contribution >= 0.6 is 11.6 Å². The second-order valence-electron chi connectivity index (χ2n) is 6.52. The number of nitrogens with zero attached hydrogens (tertiary/aromatic N) is 1. The molecule has 0 saturated heterocycles. The maximum Gasteiger partial charge on any atom is 0.317 e. The summed E-state index contributed by atoms with van der Waals surface area (Å²) in [6, 6.07) is 16.1. The summed E-state index contributed by atoms with van der Waals surface area (Å²) in [7, 11) is 1.82. The van der Waals surface area contributed by atoms with Crippen LogP contribution < -0.4 is 0 Å². The van der Waals surface area contributed by atoms with E-state index in [1.807, 2.05) is 42.3 Å². The number of ether oxygens (including phenoxy) is 1. The van der Waals surface area contributed by atoms with E-state index in [2.05, 4.69) is 18.2 Å². The number of hydrogen-bond acceptors (Lipinski definition) is 3. The maximum atomic E-state index is 10.8. The number of halogens is 1. The lowest BCUT2D eigenvalue weighted by Crippen LogP contribution is -2.31. The maximum absolute atomic E-state index is 10.8. The summed E-state index contributed by atoms with van der Waals surface area (Å²) in [5.41, 5.74) is 2.90. The van der Waals surface area contributed by atoms with E-state index >= 15 is 0 Å². The highest BCUT2D eigenvalue weighted by Crippen LogP contribution is 2.45. The molecule has 0 amide bonds. The molecule has 1 unspecified atom stereocenters. The molecule has 4 nitrogen and oxygen atoms in total. The van der Waals surface area contributed by atoms with E-state index in [-0.39, 0.29) is 6.54 Å². The second kappa shape index (κ2) is 7.56. The zero-order chi connectivity index (χ0) is 17.9. The molecule has 0 fully saturated rings. The first-order chi connectivity index (χ1) is 12.0. The van der Waals surface area contributed by atoms with Gasteiger partial charge in [0.25, 0.3) is 0 Å². The van der Waals surface area contributed by atoms with Gasteiger partial charge in [-0.15, -0.1) is 0 Å². The number of carboxylic acids is 1. The Bertz CT molecular complexity index is 764. The average Bonchev–Trinajstić information content (AvgIpc) is 2.94. The standard InChI is InChI=1S/C20H22ClNO3/c1-22(13-19(23)24)11-5-10-20(16-7-4-8-17(21)12-16)18-9-3-2-6-15(18)14-25-20/h2-4,6-9,12H,5,10-11,13-14H2,1H3,(H,23,24). The smallest absolute Gasteiger partial charge is 0.317 e. The van der Waals surface area contributed by atoms with Gasteiger partial charge >= 0.3 is 5.97 Å². The number of benzene rings is 2. The Kier molecular flexibility index (Phi) is 5.42. The van der Waals surface area contributed by atoms with Crippen molar-refractivity contribution in [1.29, 1.82) is 0 Å². The van der Waals surface area contributed by atoms with Crippen molar-refractivity contribution in [1.82, 2.24) is 4.90 Å². The third-order valence-corrected chi connectivity index (χ3v) is 4.93. The minimum atomic E-state index is -0.811. The minimum Gasteiger partial charge on any atom is -0.480 e. The molecule has 3 rings (SSSR count). The zero-order valence-electron chi connectivity index (χ0n) is 14.2. The molecule has 5 heteroatoms. The van der Waals surface area contributed by atoms with Crippen LogP contribution in [0.4, 0.5) is 0 Å². The van der Waals surface area contributed by atoms with E-state index in [9.17, 15) is 4.79 Å². The van der Waals surface area contributed by atoms with E-state index in [0.717, 1.165) is 18.4 Å². The van der Waals surface area contributed by atoms with Gasteiger partial charge in [-0.25, -0.2) is 0 Å². The summed E-state index contributed by atoms with van der Waals surface area (Å²) in [6.45, 7) is 1.31. The molecule has 1 aliphatic rings. The van der Waals surface area contributed by atoms with E-state index in [1.165, 1.54) is 11.1 Å². The van der Waals surface area contributed by atoms with Crippen LogP contribution in [0.25, 0.3) is 0 Å². The van der Waals surface area contributed by atoms with Crippen molar-refractivity contribution in [3.05, 3.63) is 70.2 Å². The highest BCUT2D eigenvalue weighted by molar-refractivity contribution is 6.30. The number of carbonyl (C=O) groups is 1. The predicted molar refractivity (Wildman–Crippen MR) is 97.8 cm³/mol. The van der Waals surface area contributed by atoms with Crippen LogP contribution in [-0.4, -0.2) is 36.1 Å². The van der Waals surface area contributed by atoms with Crippen LogP contribution in [0.3, 0.4) is 0 Å². The summed E-state index contributed by atoms with van der Waals surface area (Å²) in [5.74, 6) is -0.811. The molecular formula is C20H22ClNO3. The fraction of sp³-hybridized carbons (Fsp3) is 0.350. The Hall–Kier alpha value is -1.88. The number of likely N-dealkylation sites (N-methyl/N-ethyl adjacent to an activating group) is 1. The van der Waals surface area contributed by atoms with Gasteiger partial charge in [-0.05, 0) is 55.3 Å². The molecule has 1 atom stereocenters. The summed E-state index contributed by atoms with van der Waals surface area (Å²) in [5, 5.41) is 9.59. The highest BCUT2D eigenvalue weighted by atomic mass is 35.5. The Morgan fingerprint density at radius 3 is 2.84 bits per heavy atom. The molecule has 1 N–H and O–H groups in total. The molecule has 1 aliphatic heterocycles. The summed E-state index contributed by atoms with van der Waals surface area (Å²) in [4.78, 5) is 12.6. The first kappa shape index (κ1) is 17.9. The first-order valence-electron chi connectivity index (χ1n) is 8.40. The Balaban J connectivity index is 1.86. The van der Waals surface area contributed by atoms with Crippen molar-refractivity contribution < 1.29 is 14.6 Å². The largest absolute Gasteiger partial charge is 0.480 e. The van der Waals surface area contributed by atoms with Crippen LogP contribution in [-0.2, 0) is 21.7 Å². The van der Waals surface area contributed by atoms with Crippen molar-refractivity contribution in [3.63, 3.8) is 0 Å². The van der Waals surface area contributed by atoms with Crippen LogP contribution in [0.15, 0.2) is 48.5 Å². The van der Waals surface area contributed by atoms with Gasteiger partial charge in [0, 0.05) is 5.02 Å². The van der Waals surface area contributed by atoms with E-state index in [1.54, 1.807) is 0 Å². The quantitative estimate of drug-likeness (QED) is 0.814. The lowest BCUT2D eigenvalue weighted by atomic mass is 9.82. The number of hydrogen-bond donors (Lipinski definition) is 1. The lowest BCUT2D eigenvalue weighted by molar-refractivity contribution is -0.138. The molecule has 2 aromatic carbocycles. The van der Waals surface area contributed by atoms with Gasteiger partial charge in [0.1, 0.15) is 5.60 Å². The molecule has 0 spiro atoms. The normalized spacial score (nSPS) is 19.2. The van der Waals surface area contributed by atoms with Gasteiger partial charge in [0.2, 0.25) is 0 Å². The zero-order valence-corrected chi connectivity index (χ0v) is 15.0. The van der Waals surface area contributed by atoms with Crippen molar-refractivity contribution in [2.75, 3.05) is 20.1 Å². The van der Waals surface area contributed by atoms with Crippen molar-refractivity contribution >= 4 is 17.6 Å². The topological polar surface area (TPSA) is 49.8 Å². The molecule has 0 aliphatic carbocycles. The van der Waals surface area contributed by atoms with E-state index < -0.39 is 11.6 Å². The molecule has 0 aromatic heterocycles. The molecular weight excluding hydrogens is 338 g/mol. The number of carboxylic acid groups (broad SMARTS) is 1. The monoisotopic (exact) mass is 359 g/mol. The van der Waals surface area contributed by atoms with Crippen molar-refractivity contribution in [2.24, 2.45) is 0 Å². The van der Waals surface area contributed by atoms with Gasteiger partial charge in [0.05, 0.1) is 13.2 Å².